The van der Waals surface area contributed by atoms with Gasteiger partial charge in [0, 0.05) is 10.6 Å². The van der Waals surface area contributed by atoms with Crippen molar-refractivity contribution in [2.75, 3.05) is 0 Å². The van der Waals surface area contributed by atoms with Gasteiger partial charge in [0.15, 0.2) is 0 Å². The molecule has 0 spiro atoms. The maximum Gasteiger partial charge on any atom is 0.138 e. The number of aromatic amines is 1. The molecule has 96 valence electrons. The zero-order valence-corrected chi connectivity index (χ0v) is 12.2. The van der Waals surface area contributed by atoms with E-state index in [1.807, 2.05) is 25.1 Å². The predicted molar refractivity (Wildman–Crippen MR) is 81.3 cm³/mol. The van der Waals surface area contributed by atoms with E-state index in [1.165, 1.54) is 0 Å². The number of benzene rings is 2. The second kappa shape index (κ2) is 4.71. The predicted octanol–water partition coefficient (Wildman–Crippen LogP) is 5.50. The summed E-state index contributed by atoms with van der Waals surface area (Å²) in [6, 6.07) is 9.25. The lowest BCUT2D eigenvalue weighted by atomic mass is 10.2. The maximum atomic E-state index is 6.10. The summed E-state index contributed by atoms with van der Waals surface area (Å²) in [5, 5.41) is 1.74. The Labute approximate surface area is 125 Å². The van der Waals surface area contributed by atoms with Gasteiger partial charge in [0.2, 0.25) is 0 Å². The van der Waals surface area contributed by atoms with Crippen LogP contribution < -0.4 is 0 Å². The highest BCUT2D eigenvalue weighted by atomic mass is 35.5. The first kappa shape index (κ1) is 12.8. The maximum absolute atomic E-state index is 6.10. The Morgan fingerprint density at radius 3 is 2.47 bits per heavy atom. The lowest BCUT2D eigenvalue weighted by Gasteiger charge is -1.99. The number of nitrogens with one attached hydrogen (secondary N) is 1. The Morgan fingerprint density at radius 2 is 1.74 bits per heavy atom. The third kappa shape index (κ3) is 2.32. The van der Waals surface area contributed by atoms with Gasteiger partial charge in [-0.05, 0) is 42.8 Å². The van der Waals surface area contributed by atoms with Crippen molar-refractivity contribution in [3.05, 3.63) is 51.0 Å². The summed E-state index contributed by atoms with van der Waals surface area (Å²) in [6.07, 6.45) is 0. The second-order valence-corrected chi connectivity index (χ2v) is 5.55. The van der Waals surface area contributed by atoms with E-state index in [0.29, 0.717) is 15.1 Å². The molecule has 0 aliphatic rings. The van der Waals surface area contributed by atoms with Crippen LogP contribution in [0, 0.1) is 6.92 Å². The zero-order valence-electron chi connectivity index (χ0n) is 9.97. The van der Waals surface area contributed by atoms with Crippen molar-refractivity contribution in [2.45, 2.75) is 6.92 Å². The summed E-state index contributed by atoms with van der Waals surface area (Å²) < 4.78 is 0. The van der Waals surface area contributed by atoms with E-state index in [-0.39, 0.29) is 0 Å². The molecular formula is C14H9Cl3N2. The van der Waals surface area contributed by atoms with Gasteiger partial charge in [0.05, 0.1) is 21.1 Å². The summed E-state index contributed by atoms with van der Waals surface area (Å²) in [5.74, 6) is 0.746. The first-order valence-corrected chi connectivity index (χ1v) is 6.79. The van der Waals surface area contributed by atoms with Crippen molar-refractivity contribution >= 4 is 45.8 Å². The van der Waals surface area contributed by atoms with Gasteiger partial charge in [-0.15, -0.1) is 0 Å². The van der Waals surface area contributed by atoms with Gasteiger partial charge in [-0.3, -0.25) is 0 Å². The molecule has 3 aromatic rings. The number of fused-ring (bicyclic) bond motifs is 1. The van der Waals surface area contributed by atoms with E-state index < -0.39 is 0 Å². The summed E-state index contributed by atoms with van der Waals surface area (Å²) >= 11 is 18.0. The van der Waals surface area contributed by atoms with Crippen LogP contribution in [-0.4, -0.2) is 9.97 Å². The molecule has 0 radical (unpaired) electrons. The number of nitrogens with zero attached hydrogens (tertiary/aromatic N) is 1. The van der Waals surface area contributed by atoms with Crippen LogP contribution in [-0.2, 0) is 0 Å². The Bertz CT molecular complexity index is 739. The van der Waals surface area contributed by atoms with E-state index in [0.717, 1.165) is 28.0 Å². The van der Waals surface area contributed by atoms with Gasteiger partial charge in [-0.25, -0.2) is 4.98 Å². The quantitative estimate of drug-likeness (QED) is 0.631. The normalized spacial score (nSPS) is 11.2. The largest absolute Gasteiger partial charge is 0.338 e. The summed E-state index contributed by atoms with van der Waals surface area (Å²) in [7, 11) is 0. The molecule has 0 fully saturated rings. The van der Waals surface area contributed by atoms with E-state index in [4.69, 9.17) is 34.8 Å². The smallest absolute Gasteiger partial charge is 0.138 e. The third-order valence-corrected chi connectivity index (χ3v) is 4.10. The number of rotatable bonds is 1. The molecule has 2 nitrogen and oxygen atoms in total. The first-order valence-electron chi connectivity index (χ1n) is 5.66. The molecule has 0 amide bonds. The molecule has 19 heavy (non-hydrogen) atoms. The minimum Gasteiger partial charge on any atom is -0.338 e. The summed E-state index contributed by atoms with van der Waals surface area (Å²) in [6.45, 7) is 1.96. The van der Waals surface area contributed by atoms with Crippen LogP contribution in [0.5, 0.6) is 0 Å². The molecule has 2 aromatic carbocycles. The highest BCUT2D eigenvalue weighted by Gasteiger charge is 2.09. The van der Waals surface area contributed by atoms with Crippen molar-refractivity contribution in [1.82, 2.24) is 9.97 Å². The van der Waals surface area contributed by atoms with Crippen molar-refractivity contribution < 1.29 is 0 Å². The highest BCUT2D eigenvalue weighted by Crippen LogP contribution is 2.29. The van der Waals surface area contributed by atoms with Gasteiger partial charge in [-0.1, -0.05) is 34.8 Å². The summed E-state index contributed by atoms with van der Waals surface area (Å²) in [4.78, 5) is 7.77. The van der Waals surface area contributed by atoms with Crippen LogP contribution in [0.4, 0.5) is 0 Å². The van der Waals surface area contributed by atoms with Crippen LogP contribution in [0.1, 0.15) is 5.56 Å². The van der Waals surface area contributed by atoms with Crippen molar-refractivity contribution in [3.63, 3.8) is 0 Å². The van der Waals surface area contributed by atoms with Gasteiger partial charge < -0.3 is 4.98 Å². The van der Waals surface area contributed by atoms with E-state index in [9.17, 15) is 0 Å². The Hall–Kier alpha value is -1.22. The zero-order chi connectivity index (χ0) is 13.6. The van der Waals surface area contributed by atoms with Crippen molar-refractivity contribution in [3.8, 4) is 11.4 Å². The molecule has 0 saturated heterocycles. The number of H-pyrrole nitrogens is 1. The van der Waals surface area contributed by atoms with E-state index in [1.54, 1.807) is 12.1 Å². The average Bonchev–Trinajstić information content (AvgIpc) is 2.76. The molecule has 5 heteroatoms. The number of imidazole rings is 1. The lowest BCUT2D eigenvalue weighted by molar-refractivity contribution is 1.34. The molecule has 0 unspecified atom stereocenters. The van der Waals surface area contributed by atoms with Crippen LogP contribution in [0.15, 0.2) is 30.3 Å². The lowest BCUT2D eigenvalue weighted by Crippen LogP contribution is -1.80. The van der Waals surface area contributed by atoms with Crippen LogP contribution in [0.25, 0.3) is 22.4 Å². The molecule has 0 aliphatic carbocycles. The van der Waals surface area contributed by atoms with Crippen molar-refractivity contribution in [2.24, 2.45) is 0 Å². The molecule has 1 aromatic heterocycles. The van der Waals surface area contributed by atoms with Gasteiger partial charge in [0.1, 0.15) is 5.82 Å². The fourth-order valence-corrected chi connectivity index (χ4v) is 2.38. The van der Waals surface area contributed by atoms with Crippen LogP contribution in [0.3, 0.4) is 0 Å². The highest BCUT2D eigenvalue weighted by molar-refractivity contribution is 6.42. The number of aromatic nitrogens is 2. The average molecular weight is 312 g/mol. The monoisotopic (exact) mass is 310 g/mol. The van der Waals surface area contributed by atoms with Gasteiger partial charge >= 0.3 is 0 Å². The van der Waals surface area contributed by atoms with E-state index in [2.05, 4.69) is 9.97 Å². The third-order valence-electron chi connectivity index (χ3n) is 2.96. The number of halogens is 3. The minimum atomic E-state index is 0.508. The molecule has 0 saturated carbocycles. The number of aryl methyl sites for hydroxylation is 1. The van der Waals surface area contributed by atoms with Crippen LogP contribution in [0.2, 0.25) is 15.1 Å². The Balaban J connectivity index is 2.17. The number of hydrogen-bond acceptors (Lipinski definition) is 1. The molecule has 1 N–H and O–H groups in total. The van der Waals surface area contributed by atoms with Gasteiger partial charge in [0.25, 0.3) is 0 Å². The minimum absolute atomic E-state index is 0.508. The molecule has 0 bridgehead atoms. The Kier molecular flexibility index (Phi) is 3.17. The Morgan fingerprint density at radius 1 is 0.947 bits per heavy atom. The van der Waals surface area contributed by atoms with Crippen molar-refractivity contribution in [1.29, 1.82) is 0 Å². The molecule has 0 aliphatic heterocycles. The van der Waals surface area contributed by atoms with Crippen LogP contribution >= 0.6 is 34.8 Å². The molecule has 3 rings (SSSR count). The number of hydrogen-bond donors (Lipinski definition) is 1. The SMILES string of the molecule is Cc1cc2[nH]c(-c3ccc(Cl)c(Cl)c3)nc2cc1Cl. The molecular weight excluding hydrogens is 303 g/mol. The molecule has 1 heterocycles. The second-order valence-electron chi connectivity index (χ2n) is 4.33. The summed E-state index contributed by atoms with van der Waals surface area (Å²) in [5.41, 5.74) is 3.68. The topological polar surface area (TPSA) is 28.7 Å². The fraction of sp³-hybridized carbons (Fsp3) is 0.0714. The fourth-order valence-electron chi connectivity index (χ4n) is 1.92. The molecule has 0 atom stereocenters. The standard InChI is InChI=1S/C14H9Cl3N2/c1-7-4-12-13(6-10(7)16)19-14(18-12)8-2-3-9(15)11(17)5-8/h2-6H,1H3,(H,18,19). The van der Waals surface area contributed by atoms with E-state index >= 15 is 0 Å². The van der Waals surface area contributed by atoms with Gasteiger partial charge in [-0.2, -0.15) is 0 Å². The first-order chi connectivity index (χ1) is 9.04.